The number of hydrogen-bond donors (Lipinski definition) is 0. The van der Waals surface area contributed by atoms with Gasteiger partial charge in [-0.15, -0.1) is 0 Å². The first-order chi connectivity index (χ1) is 27.4. The quantitative estimate of drug-likeness (QED) is 0.175. The average molecular weight is 716 g/mol. The minimum Gasteiger partial charge on any atom is -0.309 e. The first-order valence-electron chi connectivity index (χ1n) is 20.1. The van der Waals surface area contributed by atoms with Crippen LogP contribution in [0, 0.1) is 27.7 Å². The second kappa shape index (κ2) is 11.1. The number of benzene rings is 8. The van der Waals surface area contributed by atoms with Crippen LogP contribution in [0.1, 0.15) is 67.1 Å². The van der Waals surface area contributed by atoms with Crippen LogP contribution in [0.15, 0.2) is 170 Å². The molecule has 0 fully saturated rings. The van der Waals surface area contributed by atoms with Crippen molar-refractivity contribution in [1.82, 2.24) is 0 Å². The van der Waals surface area contributed by atoms with Gasteiger partial charge in [-0.3, -0.25) is 0 Å². The Balaban J connectivity index is 1.23. The molecule has 3 atom stereocenters. The average Bonchev–Trinajstić information content (AvgIpc) is 3.44. The number of rotatable bonds is 4. The van der Waals surface area contributed by atoms with Crippen LogP contribution in [0.2, 0.25) is 0 Å². The van der Waals surface area contributed by atoms with E-state index >= 15 is 0 Å². The maximum Gasteiger partial charge on any atom is 0.0645 e. The molecule has 8 aromatic carbocycles. The maximum absolute atomic E-state index is 2.60. The third-order valence-corrected chi connectivity index (χ3v) is 14.1. The summed E-state index contributed by atoms with van der Waals surface area (Å²) >= 11 is 0. The number of para-hydroxylation sites is 1. The predicted octanol–water partition coefficient (Wildman–Crippen LogP) is 13.8. The largest absolute Gasteiger partial charge is 0.309 e. The Bertz CT molecular complexity index is 2970. The van der Waals surface area contributed by atoms with Crippen LogP contribution in [0.25, 0.3) is 33.4 Å². The summed E-state index contributed by atoms with van der Waals surface area (Å²) in [6, 6.07) is 64.5. The van der Waals surface area contributed by atoms with Crippen molar-refractivity contribution in [1.29, 1.82) is 0 Å². The van der Waals surface area contributed by atoms with Crippen molar-refractivity contribution in [3.05, 3.63) is 231 Å². The molecule has 3 unspecified atom stereocenters. The van der Waals surface area contributed by atoms with Crippen molar-refractivity contribution in [3.8, 4) is 33.4 Å². The van der Waals surface area contributed by atoms with E-state index in [0.717, 1.165) is 0 Å². The molecule has 12 rings (SSSR count). The summed E-state index contributed by atoms with van der Waals surface area (Å²) in [5.41, 5.74) is 26.6. The Hall–Kier alpha value is -6.44. The van der Waals surface area contributed by atoms with Crippen LogP contribution in [-0.2, 0) is 10.8 Å². The molecule has 0 saturated heterocycles. The molecule has 8 aromatic rings. The molecular formula is C55H41N. The van der Waals surface area contributed by atoms with E-state index < -0.39 is 0 Å². The number of hydrogen-bond acceptors (Lipinski definition) is 1. The van der Waals surface area contributed by atoms with Gasteiger partial charge in [0.15, 0.2) is 0 Å². The molecular weight excluding hydrogens is 675 g/mol. The minimum atomic E-state index is -0.350. The lowest BCUT2D eigenvalue weighted by atomic mass is 9.34. The Labute approximate surface area is 329 Å². The van der Waals surface area contributed by atoms with Crippen molar-refractivity contribution >= 4 is 17.1 Å². The van der Waals surface area contributed by atoms with Gasteiger partial charge in [0.05, 0.1) is 22.5 Å². The molecule has 1 heteroatoms. The van der Waals surface area contributed by atoms with E-state index in [1.54, 1.807) is 0 Å². The van der Waals surface area contributed by atoms with Crippen molar-refractivity contribution in [3.63, 3.8) is 0 Å². The zero-order valence-corrected chi connectivity index (χ0v) is 32.2. The summed E-state index contributed by atoms with van der Waals surface area (Å²) < 4.78 is 0. The van der Waals surface area contributed by atoms with Crippen molar-refractivity contribution in [2.24, 2.45) is 0 Å². The summed E-state index contributed by atoms with van der Waals surface area (Å²) in [6.45, 7) is 9.19. The molecule has 0 saturated carbocycles. The number of fused-ring (bicyclic) bond motifs is 5. The van der Waals surface area contributed by atoms with Gasteiger partial charge in [0.2, 0.25) is 0 Å². The van der Waals surface area contributed by atoms with Crippen LogP contribution in [0.3, 0.4) is 0 Å². The first kappa shape index (κ1) is 31.9. The standard InChI is InChI=1S/C55H41N/c1-33-28-44-45(29-34(33)2)54-46-30-35(3)36(4)31-47(46)55(54)48-32-39(41-21-12-11-20-40(41)37-16-7-5-8-17-37)26-27-50(48)56(51-25-15-23-43(52(44)54)53(51)55)49-24-14-13-22-42(49)38-18-9-6-10-19-38/h5-32,52H,1-4H3. The zero-order valence-electron chi connectivity index (χ0n) is 32.2. The summed E-state index contributed by atoms with van der Waals surface area (Å²) in [5, 5.41) is 0. The highest BCUT2D eigenvalue weighted by molar-refractivity contribution is 6.01. The highest BCUT2D eigenvalue weighted by atomic mass is 15.2. The smallest absolute Gasteiger partial charge is 0.0645 e. The van der Waals surface area contributed by atoms with E-state index in [1.165, 1.54) is 112 Å². The Morgan fingerprint density at radius 3 is 1.64 bits per heavy atom. The zero-order chi connectivity index (χ0) is 37.5. The van der Waals surface area contributed by atoms with Crippen LogP contribution in [-0.4, -0.2) is 0 Å². The van der Waals surface area contributed by atoms with E-state index in [4.69, 9.17) is 0 Å². The van der Waals surface area contributed by atoms with Gasteiger partial charge in [-0.2, -0.15) is 0 Å². The van der Waals surface area contributed by atoms with E-state index in [0.29, 0.717) is 0 Å². The van der Waals surface area contributed by atoms with E-state index in [2.05, 4.69) is 202 Å². The predicted molar refractivity (Wildman–Crippen MR) is 232 cm³/mol. The summed E-state index contributed by atoms with van der Waals surface area (Å²) in [7, 11) is 0. The highest BCUT2D eigenvalue weighted by Crippen LogP contribution is 2.84. The van der Waals surface area contributed by atoms with E-state index in [-0.39, 0.29) is 16.7 Å². The molecule has 4 aliphatic rings. The lowest BCUT2D eigenvalue weighted by Crippen LogP contribution is -2.65. The van der Waals surface area contributed by atoms with Gasteiger partial charge in [0, 0.05) is 16.9 Å². The molecule has 266 valence electrons. The molecule has 56 heavy (non-hydrogen) atoms. The molecule has 1 aliphatic heterocycles. The molecule has 2 spiro atoms. The van der Waals surface area contributed by atoms with Crippen LogP contribution in [0.5, 0.6) is 0 Å². The fourth-order valence-electron chi connectivity index (χ4n) is 11.6. The van der Waals surface area contributed by atoms with E-state index in [9.17, 15) is 0 Å². The van der Waals surface area contributed by atoms with Gasteiger partial charge in [0.1, 0.15) is 0 Å². The number of anilines is 3. The second-order valence-corrected chi connectivity index (χ2v) is 16.6. The first-order valence-corrected chi connectivity index (χ1v) is 20.1. The Morgan fingerprint density at radius 2 is 0.929 bits per heavy atom. The monoisotopic (exact) mass is 715 g/mol. The molecule has 0 N–H and O–H groups in total. The molecule has 0 amide bonds. The molecule has 1 nitrogen and oxygen atoms in total. The van der Waals surface area contributed by atoms with Crippen LogP contribution >= 0.6 is 0 Å². The minimum absolute atomic E-state index is 0.190. The summed E-state index contributed by atoms with van der Waals surface area (Å²) in [4.78, 5) is 2.60. The second-order valence-electron chi connectivity index (χ2n) is 16.6. The normalized spacial score (nSPS) is 20.1. The summed E-state index contributed by atoms with van der Waals surface area (Å²) in [6.07, 6.45) is 0. The lowest BCUT2D eigenvalue weighted by Gasteiger charge is -2.67. The summed E-state index contributed by atoms with van der Waals surface area (Å²) in [5.74, 6) is 0.277. The lowest BCUT2D eigenvalue weighted by molar-refractivity contribution is 0.256. The maximum atomic E-state index is 2.60. The van der Waals surface area contributed by atoms with E-state index in [1.807, 2.05) is 0 Å². The van der Waals surface area contributed by atoms with Crippen molar-refractivity contribution < 1.29 is 0 Å². The van der Waals surface area contributed by atoms with Gasteiger partial charge >= 0.3 is 0 Å². The molecule has 0 aromatic heterocycles. The van der Waals surface area contributed by atoms with Gasteiger partial charge in [0.25, 0.3) is 0 Å². The molecule has 0 bridgehead atoms. The number of nitrogens with zero attached hydrogens (tertiary/aromatic N) is 1. The van der Waals surface area contributed by atoms with Crippen LogP contribution < -0.4 is 4.90 Å². The Kier molecular flexibility index (Phi) is 6.31. The van der Waals surface area contributed by atoms with Gasteiger partial charge in [-0.1, -0.05) is 146 Å². The molecule has 1 heterocycles. The van der Waals surface area contributed by atoms with Gasteiger partial charge in [-0.25, -0.2) is 0 Å². The fourth-order valence-corrected chi connectivity index (χ4v) is 11.6. The van der Waals surface area contributed by atoms with Gasteiger partial charge in [-0.05, 0) is 141 Å². The highest BCUT2D eigenvalue weighted by Gasteiger charge is 2.79. The van der Waals surface area contributed by atoms with Crippen molar-refractivity contribution in [2.75, 3.05) is 4.90 Å². The SMILES string of the molecule is Cc1cc2c(cc1C)C13c4cc(C)c(C)cc4C14c1cc(-c5ccccc5-c5ccccc5)ccc1N(c1ccccc1-c1ccccc1)c1cccc(c14)C23. The molecule has 3 aliphatic carbocycles. The molecule has 0 radical (unpaired) electrons. The third-order valence-electron chi connectivity index (χ3n) is 14.1. The van der Waals surface area contributed by atoms with Crippen LogP contribution in [0.4, 0.5) is 17.1 Å². The Morgan fingerprint density at radius 1 is 0.375 bits per heavy atom. The fraction of sp³-hybridized carbons (Fsp3) is 0.127. The topological polar surface area (TPSA) is 3.24 Å². The van der Waals surface area contributed by atoms with Crippen molar-refractivity contribution in [2.45, 2.75) is 44.4 Å². The number of aryl methyl sites for hydroxylation is 4. The third kappa shape index (κ3) is 3.67. The van der Waals surface area contributed by atoms with Gasteiger partial charge < -0.3 is 4.90 Å².